The third kappa shape index (κ3) is 3.32. The summed E-state index contributed by atoms with van der Waals surface area (Å²) in [4.78, 5) is 18.4. The van der Waals surface area contributed by atoms with Crippen molar-refractivity contribution in [3.8, 4) is 0 Å². The van der Waals surface area contributed by atoms with Gasteiger partial charge in [-0.15, -0.1) is 0 Å². The van der Waals surface area contributed by atoms with Gasteiger partial charge in [0.25, 0.3) is 0 Å². The van der Waals surface area contributed by atoms with Crippen LogP contribution in [0.5, 0.6) is 0 Å². The minimum absolute atomic E-state index is 0.137. The second kappa shape index (κ2) is 6.52. The normalized spacial score (nSPS) is 17.9. The van der Waals surface area contributed by atoms with Gasteiger partial charge in [0.1, 0.15) is 5.82 Å². The molecular weight excluding hydrogens is 301 g/mol. The lowest BCUT2D eigenvalue weighted by Gasteiger charge is -2.16. The van der Waals surface area contributed by atoms with Crippen molar-refractivity contribution in [2.24, 2.45) is 7.05 Å². The van der Waals surface area contributed by atoms with E-state index in [-0.39, 0.29) is 11.7 Å². The fraction of sp³-hybridized carbons (Fsp3) is 0.375. The molecule has 1 saturated heterocycles. The fourth-order valence-electron chi connectivity index (χ4n) is 2.70. The molecule has 6 heteroatoms. The quantitative estimate of drug-likeness (QED) is 0.813. The first-order valence-corrected chi connectivity index (χ1v) is 8.25. The molecule has 0 saturated carbocycles. The molecule has 1 amide bonds. The van der Waals surface area contributed by atoms with Crippen molar-refractivity contribution in [1.29, 1.82) is 0 Å². The molecule has 116 valence electrons. The number of likely N-dealkylation sites (tertiary alicyclic amines) is 1. The fourth-order valence-corrected chi connectivity index (χ4v) is 3.54. The van der Waals surface area contributed by atoms with Gasteiger partial charge in [0.15, 0.2) is 5.16 Å². The summed E-state index contributed by atoms with van der Waals surface area (Å²) in [5, 5.41) is 0.850. The number of imidazole rings is 1. The van der Waals surface area contributed by atoms with Gasteiger partial charge in [-0.2, -0.15) is 0 Å². The first-order chi connectivity index (χ1) is 10.6. The van der Waals surface area contributed by atoms with Crippen LogP contribution < -0.4 is 0 Å². The van der Waals surface area contributed by atoms with Crippen molar-refractivity contribution in [1.82, 2.24) is 14.5 Å². The Labute approximate surface area is 133 Å². The molecule has 0 bridgehead atoms. The van der Waals surface area contributed by atoms with Crippen molar-refractivity contribution in [2.75, 3.05) is 18.8 Å². The summed E-state index contributed by atoms with van der Waals surface area (Å²) < 4.78 is 14.9. The number of rotatable bonds is 4. The highest BCUT2D eigenvalue weighted by Crippen LogP contribution is 2.28. The number of benzene rings is 1. The van der Waals surface area contributed by atoms with E-state index in [2.05, 4.69) is 4.98 Å². The van der Waals surface area contributed by atoms with E-state index in [1.807, 2.05) is 34.8 Å². The number of hydrogen-bond donors (Lipinski definition) is 0. The van der Waals surface area contributed by atoms with Crippen LogP contribution >= 0.6 is 11.8 Å². The van der Waals surface area contributed by atoms with E-state index in [1.54, 1.807) is 6.20 Å². The molecular formula is C16H18FN3OS. The zero-order chi connectivity index (χ0) is 15.5. The lowest BCUT2D eigenvalue weighted by molar-refractivity contribution is -0.127. The van der Waals surface area contributed by atoms with Crippen LogP contribution in [0.4, 0.5) is 4.39 Å². The van der Waals surface area contributed by atoms with Crippen LogP contribution in [0.1, 0.15) is 17.9 Å². The Kier molecular flexibility index (Phi) is 4.47. The molecule has 4 nitrogen and oxygen atoms in total. The minimum atomic E-state index is -0.221. The lowest BCUT2D eigenvalue weighted by Crippen LogP contribution is -2.30. The van der Waals surface area contributed by atoms with E-state index < -0.39 is 0 Å². The second-order valence-corrected chi connectivity index (χ2v) is 6.43. The van der Waals surface area contributed by atoms with Gasteiger partial charge in [-0.05, 0) is 24.1 Å². The molecule has 1 aliphatic rings. The number of amides is 1. The first-order valence-electron chi connectivity index (χ1n) is 7.27. The van der Waals surface area contributed by atoms with Crippen LogP contribution in [0.3, 0.4) is 0 Å². The minimum Gasteiger partial charge on any atom is -0.341 e. The molecule has 2 heterocycles. The molecule has 1 aliphatic heterocycles. The van der Waals surface area contributed by atoms with Crippen LogP contribution in [-0.4, -0.2) is 39.2 Å². The summed E-state index contributed by atoms with van der Waals surface area (Å²) >= 11 is 1.46. The smallest absolute Gasteiger partial charge is 0.233 e. The predicted molar refractivity (Wildman–Crippen MR) is 84.3 cm³/mol. The number of thioether (sulfide) groups is 1. The maximum absolute atomic E-state index is 13.0. The average Bonchev–Trinajstić information content (AvgIpc) is 3.15. The van der Waals surface area contributed by atoms with Crippen molar-refractivity contribution in [2.45, 2.75) is 17.5 Å². The Morgan fingerprint density at radius 3 is 2.86 bits per heavy atom. The number of aromatic nitrogens is 2. The number of aryl methyl sites for hydroxylation is 1. The van der Waals surface area contributed by atoms with E-state index in [4.69, 9.17) is 0 Å². The predicted octanol–water partition coefficient (Wildman–Crippen LogP) is 2.67. The molecule has 1 unspecified atom stereocenters. The van der Waals surface area contributed by atoms with Gasteiger partial charge in [-0.25, -0.2) is 9.37 Å². The van der Waals surface area contributed by atoms with Crippen molar-refractivity contribution in [3.63, 3.8) is 0 Å². The van der Waals surface area contributed by atoms with Gasteiger partial charge in [0, 0.05) is 38.4 Å². The van der Waals surface area contributed by atoms with Crippen molar-refractivity contribution < 1.29 is 9.18 Å². The standard InChI is InChI=1S/C16H18FN3OS/c1-19-9-7-18-16(19)22-11-15(21)20-8-6-13(10-20)12-2-4-14(17)5-3-12/h2-5,7,9,13H,6,8,10-11H2,1H3. The van der Waals surface area contributed by atoms with Crippen LogP contribution in [0.15, 0.2) is 41.8 Å². The highest BCUT2D eigenvalue weighted by molar-refractivity contribution is 7.99. The van der Waals surface area contributed by atoms with Crippen LogP contribution in [0, 0.1) is 5.82 Å². The average molecular weight is 319 g/mol. The second-order valence-electron chi connectivity index (χ2n) is 5.49. The van der Waals surface area contributed by atoms with Gasteiger partial charge in [-0.1, -0.05) is 23.9 Å². The van der Waals surface area contributed by atoms with E-state index >= 15 is 0 Å². The topological polar surface area (TPSA) is 38.1 Å². The molecule has 1 aromatic heterocycles. The van der Waals surface area contributed by atoms with Crippen molar-refractivity contribution >= 4 is 17.7 Å². The Morgan fingerprint density at radius 1 is 1.41 bits per heavy atom. The molecule has 0 N–H and O–H groups in total. The number of carbonyl (C=O) groups excluding carboxylic acids is 1. The largest absolute Gasteiger partial charge is 0.341 e. The number of hydrogen-bond acceptors (Lipinski definition) is 3. The first kappa shape index (κ1) is 15.1. The zero-order valence-electron chi connectivity index (χ0n) is 12.4. The maximum Gasteiger partial charge on any atom is 0.233 e. The maximum atomic E-state index is 13.0. The Morgan fingerprint density at radius 2 is 2.18 bits per heavy atom. The zero-order valence-corrected chi connectivity index (χ0v) is 13.2. The summed E-state index contributed by atoms with van der Waals surface area (Å²) in [6, 6.07) is 6.60. The molecule has 0 spiro atoms. The molecule has 22 heavy (non-hydrogen) atoms. The SMILES string of the molecule is Cn1ccnc1SCC(=O)N1CCC(c2ccc(F)cc2)C1. The van der Waals surface area contributed by atoms with E-state index in [0.717, 1.165) is 23.7 Å². The molecule has 3 rings (SSSR count). The molecule has 2 aromatic rings. The Balaban J connectivity index is 1.54. The van der Waals surface area contributed by atoms with Crippen LogP contribution in [0.2, 0.25) is 0 Å². The summed E-state index contributed by atoms with van der Waals surface area (Å²) in [5.74, 6) is 0.627. The van der Waals surface area contributed by atoms with Gasteiger partial charge in [-0.3, -0.25) is 4.79 Å². The Hall–Kier alpha value is -1.82. The molecule has 1 aromatic carbocycles. The lowest BCUT2D eigenvalue weighted by atomic mass is 9.99. The van der Waals surface area contributed by atoms with Crippen molar-refractivity contribution in [3.05, 3.63) is 48.0 Å². The summed E-state index contributed by atoms with van der Waals surface area (Å²) in [5.41, 5.74) is 1.11. The molecule has 1 atom stereocenters. The monoisotopic (exact) mass is 319 g/mol. The third-order valence-corrected chi connectivity index (χ3v) is 5.03. The van der Waals surface area contributed by atoms with Gasteiger partial charge >= 0.3 is 0 Å². The molecule has 1 fully saturated rings. The highest BCUT2D eigenvalue weighted by atomic mass is 32.2. The summed E-state index contributed by atoms with van der Waals surface area (Å²) in [6.07, 6.45) is 4.53. The highest BCUT2D eigenvalue weighted by Gasteiger charge is 2.27. The summed E-state index contributed by atoms with van der Waals surface area (Å²) in [7, 11) is 1.92. The van der Waals surface area contributed by atoms with E-state index in [9.17, 15) is 9.18 Å². The Bertz CT molecular complexity index is 656. The molecule has 0 radical (unpaired) electrons. The molecule has 0 aliphatic carbocycles. The van der Waals surface area contributed by atoms with E-state index in [1.165, 1.54) is 23.9 Å². The third-order valence-electron chi connectivity index (χ3n) is 3.98. The number of carbonyl (C=O) groups is 1. The van der Waals surface area contributed by atoms with Crippen LogP contribution in [0.25, 0.3) is 0 Å². The van der Waals surface area contributed by atoms with Gasteiger partial charge in [0.05, 0.1) is 5.75 Å². The number of nitrogens with zero attached hydrogens (tertiary/aromatic N) is 3. The number of halogens is 1. The van der Waals surface area contributed by atoms with Gasteiger partial charge in [0.2, 0.25) is 5.91 Å². The van der Waals surface area contributed by atoms with Crippen LogP contribution in [-0.2, 0) is 11.8 Å². The van der Waals surface area contributed by atoms with Gasteiger partial charge < -0.3 is 9.47 Å². The summed E-state index contributed by atoms with van der Waals surface area (Å²) in [6.45, 7) is 1.48. The van der Waals surface area contributed by atoms with E-state index in [0.29, 0.717) is 18.2 Å².